The summed E-state index contributed by atoms with van der Waals surface area (Å²) in [5.74, 6) is 0.201. The summed E-state index contributed by atoms with van der Waals surface area (Å²) in [7, 11) is 1.58. The van der Waals surface area contributed by atoms with Crippen molar-refractivity contribution in [1.82, 2.24) is 0 Å². The molecule has 5 nitrogen and oxygen atoms in total. The zero-order chi connectivity index (χ0) is 19.9. The Morgan fingerprint density at radius 3 is 2.57 bits per heavy atom. The van der Waals surface area contributed by atoms with E-state index in [0.29, 0.717) is 11.5 Å². The van der Waals surface area contributed by atoms with Gasteiger partial charge in [-0.1, -0.05) is 12.1 Å². The largest absolute Gasteiger partial charge is 0.493 e. The van der Waals surface area contributed by atoms with E-state index in [-0.39, 0.29) is 12.2 Å². The van der Waals surface area contributed by atoms with Crippen LogP contribution in [0.15, 0.2) is 71.7 Å². The molecule has 0 aliphatic rings. The van der Waals surface area contributed by atoms with Gasteiger partial charge in [0.15, 0.2) is 11.5 Å². The molecule has 0 unspecified atom stereocenters. The van der Waals surface area contributed by atoms with Crippen molar-refractivity contribution >= 4 is 40.5 Å². The van der Waals surface area contributed by atoms with Gasteiger partial charge in [-0.3, -0.25) is 4.99 Å². The minimum Gasteiger partial charge on any atom is -0.493 e. The molecule has 142 valence electrons. The van der Waals surface area contributed by atoms with Crippen LogP contribution in [-0.2, 0) is 6.61 Å². The lowest BCUT2D eigenvalue weighted by molar-refractivity contribution is 0.0696. The van der Waals surface area contributed by atoms with E-state index in [1.54, 1.807) is 31.5 Å². The maximum atomic E-state index is 11.1. The van der Waals surface area contributed by atoms with E-state index in [4.69, 9.17) is 14.6 Å². The first-order valence-electron chi connectivity index (χ1n) is 8.48. The van der Waals surface area contributed by atoms with Gasteiger partial charge in [0.05, 0.1) is 18.4 Å². The van der Waals surface area contributed by atoms with E-state index in [0.717, 1.165) is 20.4 Å². The van der Waals surface area contributed by atoms with Crippen LogP contribution in [0.1, 0.15) is 21.5 Å². The normalized spacial score (nSPS) is 10.8. The Bertz CT molecular complexity index is 1000. The third-order valence-electron chi connectivity index (χ3n) is 3.95. The van der Waals surface area contributed by atoms with Crippen molar-refractivity contribution in [1.29, 1.82) is 0 Å². The number of carboxylic acid groups (broad SMARTS) is 1. The van der Waals surface area contributed by atoms with Crippen LogP contribution < -0.4 is 9.47 Å². The third-order valence-corrected chi connectivity index (χ3v) is 4.66. The molecule has 28 heavy (non-hydrogen) atoms. The van der Waals surface area contributed by atoms with Gasteiger partial charge in [0.2, 0.25) is 0 Å². The van der Waals surface area contributed by atoms with Crippen LogP contribution >= 0.6 is 22.6 Å². The van der Waals surface area contributed by atoms with Crippen molar-refractivity contribution in [2.75, 3.05) is 7.11 Å². The van der Waals surface area contributed by atoms with Crippen LogP contribution in [0, 0.1) is 3.57 Å². The molecule has 0 aliphatic heterocycles. The molecule has 1 N–H and O–H groups in total. The first-order valence-corrected chi connectivity index (χ1v) is 9.56. The molecule has 0 saturated carbocycles. The lowest BCUT2D eigenvalue weighted by Crippen LogP contribution is -2.01. The molecule has 0 amide bonds. The summed E-state index contributed by atoms with van der Waals surface area (Å²) in [6.45, 7) is 0.244. The number of methoxy groups -OCH3 is 1. The lowest BCUT2D eigenvalue weighted by atomic mass is 10.1. The van der Waals surface area contributed by atoms with Crippen molar-refractivity contribution in [3.8, 4) is 11.5 Å². The minimum atomic E-state index is -0.962. The minimum absolute atomic E-state index is 0.232. The Morgan fingerprint density at radius 2 is 1.86 bits per heavy atom. The molecule has 3 rings (SSSR count). The summed E-state index contributed by atoms with van der Waals surface area (Å²) in [4.78, 5) is 15.5. The zero-order valence-electron chi connectivity index (χ0n) is 15.1. The fraction of sp³-hybridized carbons (Fsp3) is 0.0909. The molecule has 3 aromatic carbocycles. The van der Waals surface area contributed by atoms with Crippen molar-refractivity contribution in [3.63, 3.8) is 0 Å². The molecule has 6 heteroatoms. The molecule has 0 fully saturated rings. The Morgan fingerprint density at radius 1 is 1.07 bits per heavy atom. The molecule has 0 radical (unpaired) electrons. The standard InChI is InChI=1S/C22H18INO4/c1-27-21-12-15(13-24-19-8-6-18(23)7-9-19)5-10-20(21)28-14-16-3-2-4-17(11-16)22(25)26/h2-13H,14H2,1H3,(H,25,26). The second-order valence-electron chi connectivity index (χ2n) is 5.94. The molecule has 0 aromatic heterocycles. The molecule has 0 atom stereocenters. The number of aromatic carboxylic acids is 1. The fourth-order valence-electron chi connectivity index (χ4n) is 2.52. The van der Waals surface area contributed by atoms with Crippen LogP contribution in [0.5, 0.6) is 11.5 Å². The smallest absolute Gasteiger partial charge is 0.335 e. The first-order chi connectivity index (χ1) is 13.5. The Labute approximate surface area is 176 Å². The molecular formula is C22H18INO4. The number of benzene rings is 3. The SMILES string of the molecule is COc1cc(C=Nc2ccc(I)cc2)ccc1OCc1cccc(C(=O)O)c1. The topological polar surface area (TPSA) is 68.1 Å². The number of halogens is 1. The number of carboxylic acids is 1. The number of ether oxygens (including phenoxy) is 2. The Kier molecular flexibility index (Phi) is 6.65. The number of hydrogen-bond acceptors (Lipinski definition) is 4. The van der Waals surface area contributed by atoms with Gasteiger partial charge in [-0.05, 0) is 88.3 Å². The van der Waals surface area contributed by atoms with E-state index in [1.165, 1.54) is 0 Å². The summed E-state index contributed by atoms with van der Waals surface area (Å²) in [5.41, 5.74) is 2.76. The van der Waals surface area contributed by atoms with Gasteiger partial charge in [-0.15, -0.1) is 0 Å². The quantitative estimate of drug-likeness (QED) is 0.362. The average Bonchev–Trinajstić information content (AvgIpc) is 2.72. The highest BCUT2D eigenvalue weighted by Crippen LogP contribution is 2.28. The second kappa shape index (κ2) is 9.36. The van der Waals surface area contributed by atoms with Gasteiger partial charge in [0, 0.05) is 9.78 Å². The van der Waals surface area contributed by atoms with E-state index in [9.17, 15) is 4.79 Å². The number of hydrogen-bond donors (Lipinski definition) is 1. The number of rotatable bonds is 7. The summed E-state index contributed by atoms with van der Waals surface area (Å²) < 4.78 is 12.4. The van der Waals surface area contributed by atoms with Crippen LogP contribution in [0.4, 0.5) is 5.69 Å². The van der Waals surface area contributed by atoms with E-state index >= 15 is 0 Å². The molecule has 0 aliphatic carbocycles. The number of carbonyl (C=O) groups is 1. The van der Waals surface area contributed by atoms with Gasteiger partial charge < -0.3 is 14.6 Å². The molecule has 0 spiro atoms. The molecular weight excluding hydrogens is 469 g/mol. The van der Waals surface area contributed by atoms with Crippen LogP contribution in [-0.4, -0.2) is 24.4 Å². The maximum absolute atomic E-state index is 11.1. The number of aliphatic imine (C=N–C) groups is 1. The zero-order valence-corrected chi connectivity index (χ0v) is 17.3. The fourth-order valence-corrected chi connectivity index (χ4v) is 2.87. The lowest BCUT2D eigenvalue weighted by Gasteiger charge is -2.11. The van der Waals surface area contributed by atoms with Gasteiger partial charge in [0.25, 0.3) is 0 Å². The highest BCUT2D eigenvalue weighted by molar-refractivity contribution is 14.1. The molecule has 0 heterocycles. The maximum Gasteiger partial charge on any atom is 0.335 e. The van der Waals surface area contributed by atoms with Crippen LogP contribution in [0.3, 0.4) is 0 Å². The molecule has 3 aromatic rings. The summed E-state index contributed by atoms with van der Waals surface area (Å²) in [6, 6.07) is 20.1. The number of nitrogens with zero attached hydrogens (tertiary/aromatic N) is 1. The van der Waals surface area contributed by atoms with E-state index in [2.05, 4.69) is 27.6 Å². The first kappa shape index (κ1) is 19.9. The van der Waals surface area contributed by atoms with Crippen molar-refractivity contribution in [3.05, 3.63) is 87.0 Å². The molecule has 0 saturated heterocycles. The van der Waals surface area contributed by atoms with Crippen molar-refractivity contribution in [2.24, 2.45) is 4.99 Å². The van der Waals surface area contributed by atoms with Gasteiger partial charge in [0.1, 0.15) is 6.61 Å². The van der Waals surface area contributed by atoms with Crippen LogP contribution in [0.25, 0.3) is 0 Å². The Hall–Kier alpha value is -2.87. The van der Waals surface area contributed by atoms with Crippen molar-refractivity contribution in [2.45, 2.75) is 6.61 Å². The van der Waals surface area contributed by atoms with Gasteiger partial charge in [-0.25, -0.2) is 4.79 Å². The molecule has 0 bridgehead atoms. The highest BCUT2D eigenvalue weighted by Gasteiger charge is 2.07. The van der Waals surface area contributed by atoms with Crippen LogP contribution in [0.2, 0.25) is 0 Å². The van der Waals surface area contributed by atoms with E-state index < -0.39 is 5.97 Å². The summed E-state index contributed by atoms with van der Waals surface area (Å²) in [5, 5.41) is 9.08. The average molecular weight is 487 g/mol. The van der Waals surface area contributed by atoms with Crippen molar-refractivity contribution < 1.29 is 19.4 Å². The predicted molar refractivity (Wildman–Crippen MR) is 117 cm³/mol. The van der Waals surface area contributed by atoms with Gasteiger partial charge in [-0.2, -0.15) is 0 Å². The predicted octanol–water partition coefficient (Wildman–Crippen LogP) is 5.33. The Balaban J connectivity index is 1.71. The second-order valence-corrected chi connectivity index (χ2v) is 7.18. The summed E-state index contributed by atoms with van der Waals surface area (Å²) >= 11 is 2.25. The summed E-state index contributed by atoms with van der Waals surface area (Å²) in [6.07, 6.45) is 1.77. The third kappa shape index (κ3) is 5.32. The van der Waals surface area contributed by atoms with Gasteiger partial charge >= 0.3 is 5.97 Å². The monoisotopic (exact) mass is 487 g/mol. The van der Waals surface area contributed by atoms with E-state index in [1.807, 2.05) is 48.5 Å². The highest BCUT2D eigenvalue weighted by atomic mass is 127.